The molecule has 0 spiro atoms. The molecule has 0 saturated heterocycles. The standard InChI is InChI=1S/C50H32N6/c1-3-13-34(14-4-1)48-52-49(35-15-5-2-6-16-35)54-50(53-48)36-23-25-38(33-27-29-51-30-28-33)47(31-36)56-45-22-12-9-19-41(45)42-32-37(24-26-46(42)56)55-43-20-10-7-17-39(43)40-18-8-11-21-44(40)55/h1-32H. The van der Waals surface area contributed by atoms with Crippen molar-refractivity contribution in [3.8, 4) is 56.7 Å². The smallest absolute Gasteiger partial charge is 0.164 e. The van der Waals surface area contributed by atoms with Gasteiger partial charge in [-0.2, -0.15) is 0 Å². The van der Waals surface area contributed by atoms with Gasteiger partial charge in [-0.15, -0.1) is 0 Å². The maximum atomic E-state index is 5.09. The highest BCUT2D eigenvalue weighted by Gasteiger charge is 2.20. The lowest BCUT2D eigenvalue weighted by molar-refractivity contribution is 1.07. The number of rotatable bonds is 6. The van der Waals surface area contributed by atoms with Gasteiger partial charge in [0, 0.05) is 61.9 Å². The van der Waals surface area contributed by atoms with E-state index in [-0.39, 0.29) is 0 Å². The lowest BCUT2D eigenvalue weighted by Gasteiger charge is -2.16. The largest absolute Gasteiger partial charge is 0.309 e. The molecule has 0 N–H and O–H groups in total. The van der Waals surface area contributed by atoms with Gasteiger partial charge in [-0.1, -0.05) is 127 Å². The minimum absolute atomic E-state index is 0.606. The third-order valence-electron chi connectivity index (χ3n) is 10.7. The van der Waals surface area contributed by atoms with Crippen molar-refractivity contribution in [3.63, 3.8) is 0 Å². The Kier molecular flexibility index (Phi) is 7.38. The summed E-state index contributed by atoms with van der Waals surface area (Å²) in [6.45, 7) is 0. The number of aromatic nitrogens is 6. The molecule has 7 aromatic carbocycles. The average Bonchev–Trinajstić information content (AvgIpc) is 3.79. The lowest BCUT2D eigenvalue weighted by Crippen LogP contribution is -2.02. The molecular formula is C50H32N6. The molecule has 0 bridgehead atoms. The van der Waals surface area contributed by atoms with Gasteiger partial charge in [0.15, 0.2) is 17.5 Å². The normalized spacial score (nSPS) is 11.6. The maximum absolute atomic E-state index is 5.09. The van der Waals surface area contributed by atoms with E-state index in [0.717, 1.165) is 50.2 Å². The number of fused-ring (bicyclic) bond motifs is 6. The monoisotopic (exact) mass is 716 g/mol. The van der Waals surface area contributed by atoms with Crippen LogP contribution in [0.4, 0.5) is 0 Å². The van der Waals surface area contributed by atoms with E-state index in [1.165, 1.54) is 32.6 Å². The summed E-state index contributed by atoms with van der Waals surface area (Å²) in [4.78, 5) is 19.5. The zero-order valence-electron chi connectivity index (χ0n) is 30.2. The summed E-state index contributed by atoms with van der Waals surface area (Å²) < 4.78 is 4.77. The van der Waals surface area contributed by atoms with Gasteiger partial charge in [0.05, 0.1) is 27.8 Å². The molecule has 0 radical (unpaired) electrons. The second-order valence-corrected chi connectivity index (χ2v) is 13.9. The first kappa shape index (κ1) is 31.8. The van der Waals surface area contributed by atoms with Crippen LogP contribution in [-0.2, 0) is 0 Å². The van der Waals surface area contributed by atoms with E-state index in [9.17, 15) is 0 Å². The molecular weight excluding hydrogens is 685 g/mol. The predicted molar refractivity (Wildman–Crippen MR) is 228 cm³/mol. The number of benzene rings is 7. The van der Waals surface area contributed by atoms with Crippen LogP contribution in [0.2, 0.25) is 0 Å². The van der Waals surface area contributed by atoms with Gasteiger partial charge < -0.3 is 9.13 Å². The number of para-hydroxylation sites is 3. The number of pyridine rings is 1. The molecule has 11 rings (SSSR count). The van der Waals surface area contributed by atoms with E-state index in [1.807, 2.05) is 73.1 Å². The lowest BCUT2D eigenvalue weighted by atomic mass is 10.0. The molecule has 0 amide bonds. The highest BCUT2D eigenvalue weighted by Crippen LogP contribution is 2.40. The fraction of sp³-hybridized carbons (Fsp3) is 0. The molecule has 0 atom stereocenters. The SMILES string of the molecule is c1ccc(-c2nc(-c3ccccc3)nc(-c3ccc(-c4ccncc4)c(-n4c5ccccc5c5cc(-n6c7ccccc7c7ccccc76)ccc54)c3)n2)cc1. The average molecular weight is 717 g/mol. The quantitative estimate of drug-likeness (QED) is 0.172. The van der Waals surface area contributed by atoms with E-state index in [2.05, 4.69) is 135 Å². The van der Waals surface area contributed by atoms with Gasteiger partial charge in [-0.05, 0) is 60.2 Å². The summed E-state index contributed by atoms with van der Waals surface area (Å²) in [7, 11) is 0. The Balaban J connectivity index is 1.16. The fourth-order valence-electron chi connectivity index (χ4n) is 8.13. The van der Waals surface area contributed by atoms with E-state index < -0.39 is 0 Å². The van der Waals surface area contributed by atoms with Gasteiger partial charge >= 0.3 is 0 Å². The van der Waals surface area contributed by atoms with Crippen molar-refractivity contribution >= 4 is 43.6 Å². The topological polar surface area (TPSA) is 61.4 Å². The van der Waals surface area contributed by atoms with Crippen molar-refractivity contribution in [1.29, 1.82) is 0 Å². The van der Waals surface area contributed by atoms with Crippen LogP contribution in [0.15, 0.2) is 194 Å². The van der Waals surface area contributed by atoms with Crippen LogP contribution in [0.3, 0.4) is 0 Å². The highest BCUT2D eigenvalue weighted by molar-refractivity contribution is 6.12. The minimum Gasteiger partial charge on any atom is -0.309 e. The van der Waals surface area contributed by atoms with E-state index in [4.69, 9.17) is 15.0 Å². The van der Waals surface area contributed by atoms with Crippen molar-refractivity contribution in [2.45, 2.75) is 0 Å². The van der Waals surface area contributed by atoms with Gasteiger partial charge in [0.1, 0.15) is 0 Å². The first-order chi connectivity index (χ1) is 27.8. The van der Waals surface area contributed by atoms with Gasteiger partial charge in [0.2, 0.25) is 0 Å². The Morgan fingerprint density at radius 1 is 0.321 bits per heavy atom. The highest BCUT2D eigenvalue weighted by atomic mass is 15.0. The zero-order valence-corrected chi connectivity index (χ0v) is 30.2. The fourth-order valence-corrected chi connectivity index (χ4v) is 8.13. The summed E-state index contributed by atoms with van der Waals surface area (Å²) in [5.41, 5.74) is 11.6. The Bertz CT molecular complexity index is 3130. The van der Waals surface area contributed by atoms with Crippen molar-refractivity contribution in [2.75, 3.05) is 0 Å². The Labute approximate surface area is 322 Å². The first-order valence-corrected chi connectivity index (χ1v) is 18.7. The molecule has 0 aliphatic rings. The maximum Gasteiger partial charge on any atom is 0.164 e. The summed E-state index contributed by atoms with van der Waals surface area (Å²) in [5, 5.41) is 4.83. The van der Waals surface area contributed by atoms with Crippen LogP contribution in [0.25, 0.3) is 100 Å². The Morgan fingerprint density at radius 2 is 0.804 bits per heavy atom. The van der Waals surface area contributed by atoms with E-state index in [1.54, 1.807) is 0 Å². The number of hydrogen-bond donors (Lipinski definition) is 0. The van der Waals surface area contributed by atoms with Gasteiger partial charge in [-0.25, -0.2) is 15.0 Å². The van der Waals surface area contributed by atoms with E-state index in [0.29, 0.717) is 17.5 Å². The number of nitrogens with zero attached hydrogens (tertiary/aromatic N) is 6. The molecule has 262 valence electrons. The third kappa shape index (κ3) is 5.19. The number of hydrogen-bond acceptors (Lipinski definition) is 4. The van der Waals surface area contributed by atoms with Gasteiger partial charge in [0.25, 0.3) is 0 Å². The second kappa shape index (κ2) is 13.0. The molecule has 0 saturated carbocycles. The molecule has 0 aliphatic carbocycles. The van der Waals surface area contributed by atoms with Crippen molar-refractivity contribution in [1.82, 2.24) is 29.1 Å². The molecule has 4 heterocycles. The summed E-state index contributed by atoms with van der Waals surface area (Å²) in [6, 6.07) is 63.7. The molecule has 6 heteroatoms. The van der Waals surface area contributed by atoms with Gasteiger partial charge in [-0.3, -0.25) is 4.98 Å². The molecule has 0 fully saturated rings. The molecule has 4 aromatic heterocycles. The molecule has 11 aromatic rings. The molecule has 56 heavy (non-hydrogen) atoms. The van der Waals surface area contributed by atoms with Crippen LogP contribution in [0.1, 0.15) is 0 Å². The predicted octanol–water partition coefficient (Wildman–Crippen LogP) is 12.1. The van der Waals surface area contributed by atoms with Crippen LogP contribution >= 0.6 is 0 Å². The zero-order chi connectivity index (χ0) is 37.0. The summed E-state index contributed by atoms with van der Waals surface area (Å²) >= 11 is 0. The second-order valence-electron chi connectivity index (χ2n) is 13.9. The van der Waals surface area contributed by atoms with Crippen LogP contribution in [-0.4, -0.2) is 29.1 Å². The summed E-state index contributed by atoms with van der Waals surface area (Å²) in [5.74, 6) is 1.86. The van der Waals surface area contributed by atoms with Crippen LogP contribution in [0.5, 0.6) is 0 Å². The Hall–Kier alpha value is -7.70. The van der Waals surface area contributed by atoms with Crippen molar-refractivity contribution in [3.05, 3.63) is 194 Å². The van der Waals surface area contributed by atoms with Crippen molar-refractivity contribution < 1.29 is 0 Å². The minimum atomic E-state index is 0.606. The molecule has 6 nitrogen and oxygen atoms in total. The van der Waals surface area contributed by atoms with Crippen LogP contribution in [0, 0.1) is 0 Å². The molecule has 0 aliphatic heterocycles. The van der Waals surface area contributed by atoms with Crippen LogP contribution < -0.4 is 0 Å². The third-order valence-corrected chi connectivity index (χ3v) is 10.7. The summed E-state index contributed by atoms with van der Waals surface area (Å²) in [6.07, 6.45) is 3.70. The molecule has 0 unspecified atom stereocenters. The Morgan fingerprint density at radius 3 is 1.39 bits per heavy atom. The first-order valence-electron chi connectivity index (χ1n) is 18.7. The van der Waals surface area contributed by atoms with E-state index >= 15 is 0 Å². The van der Waals surface area contributed by atoms with Crippen molar-refractivity contribution in [2.24, 2.45) is 0 Å².